The molecule has 126 valence electrons. The van der Waals surface area contributed by atoms with Crippen molar-refractivity contribution in [3.8, 4) is 0 Å². The van der Waals surface area contributed by atoms with E-state index in [9.17, 15) is 0 Å². The lowest BCUT2D eigenvalue weighted by Gasteiger charge is -2.27. The Balaban J connectivity index is 1.60. The lowest BCUT2D eigenvalue weighted by molar-refractivity contribution is 0.411. The summed E-state index contributed by atoms with van der Waals surface area (Å²) in [5, 5.41) is 13.0. The van der Waals surface area contributed by atoms with Crippen LogP contribution in [0.4, 0.5) is 17.5 Å². The molecule has 1 fully saturated rings. The van der Waals surface area contributed by atoms with Crippen LogP contribution in [-0.4, -0.2) is 31.8 Å². The van der Waals surface area contributed by atoms with E-state index in [0.29, 0.717) is 18.0 Å². The molecule has 0 bridgehead atoms. The van der Waals surface area contributed by atoms with Crippen molar-refractivity contribution in [1.29, 1.82) is 0 Å². The number of hydrogen-bond acceptors (Lipinski definition) is 7. The first-order valence-corrected chi connectivity index (χ1v) is 9.08. The minimum Gasteiger partial charge on any atom is -0.366 e. The minimum absolute atomic E-state index is 0.345. The Morgan fingerprint density at radius 3 is 2.83 bits per heavy atom. The monoisotopic (exact) mass is 343 g/mol. The third-order valence-electron chi connectivity index (χ3n) is 4.38. The highest BCUT2D eigenvalue weighted by molar-refractivity contribution is 7.17. The predicted octanol–water partition coefficient (Wildman–Crippen LogP) is 2.85. The highest BCUT2D eigenvalue weighted by Crippen LogP contribution is 2.30. The van der Waals surface area contributed by atoms with Crippen LogP contribution in [0.25, 0.3) is 10.2 Å². The number of hydrogen-bond donors (Lipinski definition) is 3. The molecule has 1 aliphatic rings. The van der Waals surface area contributed by atoms with Gasteiger partial charge in [0, 0.05) is 25.3 Å². The number of nitrogens with zero attached hydrogens (tertiary/aromatic N) is 4. The van der Waals surface area contributed by atoms with E-state index in [-0.39, 0.29) is 0 Å². The largest absolute Gasteiger partial charge is 0.366 e. The molecule has 0 aromatic carbocycles. The maximum Gasteiger partial charge on any atom is 0.229 e. The summed E-state index contributed by atoms with van der Waals surface area (Å²) < 4.78 is 2.84. The molecular weight excluding hydrogens is 322 g/mol. The average molecular weight is 343 g/mol. The van der Waals surface area contributed by atoms with Crippen LogP contribution >= 0.6 is 11.3 Å². The van der Waals surface area contributed by atoms with Crippen molar-refractivity contribution < 1.29 is 0 Å². The molecule has 1 aliphatic carbocycles. The van der Waals surface area contributed by atoms with Gasteiger partial charge in [-0.05, 0) is 37.1 Å². The molecule has 3 aromatic heterocycles. The van der Waals surface area contributed by atoms with E-state index in [1.54, 1.807) is 22.2 Å². The van der Waals surface area contributed by atoms with E-state index >= 15 is 0 Å². The molecule has 1 saturated carbocycles. The first-order chi connectivity index (χ1) is 11.7. The number of aryl methyl sites for hydroxylation is 1. The van der Waals surface area contributed by atoms with E-state index in [0.717, 1.165) is 47.4 Å². The van der Waals surface area contributed by atoms with Crippen LogP contribution in [0.1, 0.15) is 25.7 Å². The van der Waals surface area contributed by atoms with Gasteiger partial charge < -0.3 is 16.4 Å². The smallest absolute Gasteiger partial charge is 0.229 e. The highest BCUT2D eigenvalue weighted by atomic mass is 32.1. The van der Waals surface area contributed by atoms with Crippen molar-refractivity contribution in [1.82, 2.24) is 19.7 Å². The summed E-state index contributed by atoms with van der Waals surface area (Å²) in [6.07, 6.45) is 7.97. The SMILES string of the molecule is Cn1cc(Nc2nc(NC3CCC(N)CC3)c3sccc3n2)cn1. The van der Waals surface area contributed by atoms with Crippen molar-refractivity contribution >= 4 is 39.0 Å². The lowest BCUT2D eigenvalue weighted by Crippen LogP contribution is -2.33. The van der Waals surface area contributed by atoms with E-state index in [1.807, 2.05) is 19.3 Å². The first-order valence-electron chi connectivity index (χ1n) is 8.20. The topological polar surface area (TPSA) is 93.7 Å². The fraction of sp³-hybridized carbons (Fsp3) is 0.438. The second-order valence-electron chi connectivity index (χ2n) is 6.31. The standard InChI is InChI=1S/C16H21N7S/c1-23-9-12(8-18-23)20-16-21-13-6-7-24-14(13)15(22-16)19-11-4-2-10(17)3-5-11/h6-11H,2-5,17H2,1H3,(H2,19,20,21,22). The maximum absolute atomic E-state index is 6.01. The summed E-state index contributed by atoms with van der Waals surface area (Å²) >= 11 is 1.67. The van der Waals surface area contributed by atoms with Gasteiger partial charge in [-0.3, -0.25) is 4.68 Å². The molecule has 24 heavy (non-hydrogen) atoms. The number of anilines is 3. The average Bonchev–Trinajstić information content (AvgIpc) is 3.19. The van der Waals surface area contributed by atoms with Crippen molar-refractivity contribution in [2.75, 3.05) is 10.6 Å². The molecule has 8 heteroatoms. The molecular formula is C16H21N7S. The van der Waals surface area contributed by atoms with Gasteiger partial charge in [0.05, 0.1) is 22.1 Å². The molecule has 0 radical (unpaired) electrons. The van der Waals surface area contributed by atoms with Gasteiger partial charge in [-0.2, -0.15) is 10.1 Å². The molecule has 0 atom stereocenters. The minimum atomic E-state index is 0.345. The number of rotatable bonds is 4. The Bertz CT molecular complexity index is 832. The second-order valence-corrected chi connectivity index (χ2v) is 7.23. The highest BCUT2D eigenvalue weighted by Gasteiger charge is 2.20. The summed E-state index contributed by atoms with van der Waals surface area (Å²) in [5.41, 5.74) is 7.84. The summed E-state index contributed by atoms with van der Waals surface area (Å²) in [6.45, 7) is 0. The second kappa shape index (κ2) is 6.37. The summed E-state index contributed by atoms with van der Waals surface area (Å²) in [5.74, 6) is 1.49. The molecule has 3 aromatic rings. The van der Waals surface area contributed by atoms with Gasteiger partial charge in [-0.1, -0.05) is 0 Å². The zero-order chi connectivity index (χ0) is 16.5. The summed E-state index contributed by atoms with van der Waals surface area (Å²) in [4.78, 5) is 9.30. The lowest BCUT2D eigenvalue weighted by atomic mass is 9.92. The fourth-order valence-electron chi connectivity index (χ4n) is 3.09. The first kappa shape index (κ1) is 15.3. The maximum atomic E-state index is 6.01. The van der Waals surface area contributed by atoms with Crippen LogP contribution in [0.15, 0.2) is 23.8 Å². The van der Waals surface area contributed by atoms with Crippen molar-refractivity contribution in [3.05, 3.63) is 23.8 Å². The van der Waals surface area contributed by atoms with Gasteiger partial charge in [0.1, 0.15) is 5.82 Å². The molecule has 0 amide bonds. The van der Waals surface area contributed by atoms with Gasteiger partial charge in [0.2, 0.25) is 5.95 Å². The normalized spacial score (nSPS) is 21.1. The molecule has 3 heterocycles. The quantitative estimate of drug-likeness (QED) is 0.674. The molecule has 0 spiro atoms. The van der Waals surface area contributed by atoms with Crippen LogP contribution in [0.5, 0.6) is 0 Å². The van der Waals surface area contributed by atoms with Crippen LogP contribution in [0.3, 0.4) is 0 Å². The zero-order valence-electron chi connectivity index (χ0n) is 13.6. The van der Waals surface area contributed by atoms with Crippen molar-refractivity contribution in [2.45, 2.75) is 37.8 Å². The number of aromatic nitrogens is 4. The zero-order valence-corrected chi connectivity index (χ0v) is 14.4. The van der Waals surface area contributed by atoms with Crippen LogP contribution in [-0.2, 0) is 7.05 Å². The third kappa shape index (κ3) is 3.20. The third-order valence-corrected chi connectivity index (χ3v) is 5.29. The Labute approximate surface area is 144 Å². The fourth-order valence-corrected chi connectivity index (χ4v) is 3.87. The van der Waals surface area contributed by atoms with Gasteiger partial charge >= 0.3 is 0 Å². The molecule has 4 N–H and O–H groups in total. The Morgan fingerprint density at radius 2 is 2.08 bits per heavy atom. The van der Waals surface area contributed by atoms with Gasteiger partial charge in [-0.25, -0.2) is 4.98 Å². The van der Waals surface area contributed by atoms with Crippen molar-refractivity contribution in [3.63, 3.8) is 0 Å². The van der Waals surface area contributed by atoms with Gasteiger partial charge in [0.25, 0.3) is 0 Å². The number of nitrogens with one attached hydrogen (secondary N) is 2. The molecule has 7 nitrogen and oxygen atoms in total. The van der Waals surface area contributed by atoms with E-state index in [4.69, 9.17) is 10.7 Å². The number of fused-ring (bicyclic) bond motifs is 1. The van der Waals surface area contributed by atoms with Crippen molar-refractivity contribution in [2.24, 2.45) is 12.8 Å². The van der Waals surface area contributed by atoms with E-state index in [1.165, 1.54) is 0 Å². The Morgan fingerprint density at radius 1 is 1.25 bits per heavy atom. The van der Waals surface area contributed by atoms with Crippen LogP contribution in [0.2, 0.25) is 0 Å². The molecule has 0 aliphatic heterocycles. The summed E-state index contributed by atoms with van der Waals surface area (Å²) in [7, 11) is 1.88. The number of thiophene rings is 1. The predicted molar refractivity (Wildman–Crippen MR) is 97.8 cm³/mol. The Kier molecular flexibility index (Phi) is 4.07. The molecule has 0 saturated heterocycles. The van der Waals surface area contributed by atoms with Gasteiger partial charge in [0.15, 0.2) is 0 Å². The number of nitrogens with two attached hydrogens (primary N) is 1. The van der Waals surface area contributed by atoms with E-state index in [2.05, 4.69) is 26.1 Å². The van der Waals surface area contributed by atoms with E-state index < -0.39 is 0 Å². The summed E-state index contributed by atoms with van der Waals surface area (Å²) in [6, 6.07) is 2.80. The van der Waals surface area contributed by atoms with Gasteiger partial charge in [-0.15, -0.1) is 11.3 Å². The van der Waals surface area contributed by atoms with Crippen LogP contribution in [0, 0.1) is 0 Å². The molecule has 4 rings (SSSR count). The van der Waals surface area contributed by atoms with Crippen LogP contribution < -0.4 is 16.4 Å². The molecule has 0 unspecified atom stereocenters. The Hall–Kier alpha value is -2.19.